The summed E-state index contributed by atoms with van der Waals surface area (Å²) in [7, 11) is -3.42. The van der Waals surface area contributed by atoms with Crippen LogP contribution in [0.15, 0.2) is 29.3 Å². The van der Waals surface area contributed by atoms with Crippen LogP contribution in [0.3, 0.4) is 0 Å². The minimum absolute atomic E-state index is 0. The van der Waals surface area contributed by atoms with Gasteiger partial charge in [-0.15, -0.1) is 0 Å². The van der Waals surface area contributed by atoms with Crippen molar-refractivity contribution in [3.8, 4) is 0 Å². The fourth-order valence-corrected chi connectivity index (χ4v) is 4.85. The molecule has 3 rings (SSSR count). The van der Waals surface area contributed by atoms with E-state index >= 15 is 0 Å². The van der Waals surface area contributed by atoms with Gasteiger partial charge < -0.3 is 5.32 Å². The van der Waals surface area contributed by atoms with Gasteiger partial charge in [0.25, 0.3) is 0 Å². The smallest absolute Gasteiger partial charge is 0.324 e. The van der Waals surface area contributed by atoms with Crippen molar-refractivity contribution in [2.24, 2.45) is 0 Å². The Morgan fingerprint density at radius 2 is 1.83 bits per heavy atom. The topological polar surface area (TPSA) is 72.0 Å². The van der Waals surface area contributed by atoms with Gasteiger partial charge in [-0.2, -0.15) is 13.2 Å². The van der Waals surface area contributed by atoms with Crippen LogP contribution in [0.2, 0.25) is 0 Å². The number of aromatic nitrogens is 2. The number of aryl methyl sites for hydroxylation is 1. The first-order chi connectivity index (χ1) is 14.0. The number of hydrogen-bond acceptors (Lipinski definition) is 5. The van der Waals surface area contributed by atoms with Crippen molar-refractivity contribution in [2.75, 3.05) is 5.32 Å². The first-order valence-electron chi connectivity index (χ1n) is 10.1. The van der Waals surface area contributed by atoms with Crippen molar-refractivity contribution < 1.29 is 23.0 Å². The zero-order valence-corrected chi connectivity index (χ0v) is 18.1. The normalized spacial score (nSPS) is 16.1. The van der Waals surface area contributed by atoms with Crippen molar-refractivity contribution in [1.29, 1.82) is 0 Å². The van der Waals surface area contributed by atoms with Crippen LogP contribution in [0.5, 0.6) is 0 Å². The standard InChI is InChI=1S/C21H26F3N3O2S.H2/c1-13(2)30(28,29)16-9-10-18(14(3)11-16)26-20-25-12-17(21(22,23)24)19(27-20)15-7-5-4-6-8-15;/h9-13,15H,4-8H2,1-3H3,(H,25,26,27);1H. The molecule has 30 heavy (non-hydrogen) atoms. The van der Waals surface area contributed by atoms with E-state index in [-0.39, 0.29) is 23.9 Å². The number of sulfone groups is 1. The summed E-state index contributed by atoms with van der Waals surface area (Å²) in [6, 6.07) is 4.62. The molecule has 1 fully saturated rings. The molecule has 0 amide bonds. The minimum Gasteiger partial charge on any atom is -0.324 e. The molecule has 1 aromatic heterocycles. The van der Waals surface area contributed by atoms with Gasteiger partial charge >= 0.3 is 6.18 Å². The molecule has 0 aliphatic heterocycles. The Morgan fingerprint density at radius 1 is 1.17 bits per heavy atom. The van der Waals surface area contributed by atoms with Gasteiger partial charge in [-0.3, -0.25) is 0 Å². The van der Waals surface area contributed by atoms with E-state index in [9.17, 15) is 21.6 Å². The molecule has 1 N–H and O–H groups in total. The summed E-state index contributed by atoms with van der Waals surface area (Å²) >= 11 is 0. The minimum atomic E-state index is -4.51. The van der Waals surface area contributed by atoms with E-state index < -0.39 is 26.8 Å². The highest BCUT2D eigenvalue weighted by molar-refractivity contribution is 7.92. The highest BCUT2D eigenvalue weighted by Gasteiger charge is 2.37. The van der Waals surface area contributed by atoms with Crippen LogP contribution in [0.25, 0.3) is 0 Å². The average molecular weight is 444 g/mol. The van der Waals surface area contributed by atoms with E-state index in [0.717, 1.165) is 25.5 Å². The molecule has 166 valence electrons. The van der Waals surface area contributed by atoms with Crippen LogP contribution in [0, 0.1) is 6.92 Å². The average Bonchev–Trinajstić information content (AvgIpc) is 2.69. The van der Waals surface area contributed by atoms with E-state index in [2.05, 4.69) is 15.3 Å². The van der Waals surface area contributed by atoms with Gasteiger partial charge in [0.15, 0.2) is 9.84 Å². The van der Waals surface area contributed by atoms with E-state index in [1.165, 1.54) is 6.07 Å². The number of hydrogen-bond donors (Lipinski definition) is 1. The molecule has 1 aliphatic rings. The third kappa shape index (κ3) is 4.77. The number of nitrogens with one attached hydrogen (secondary N) is 1. The summed E-state index contributed by atoms with van der Waals surface area (Å²) in [5, 5.41) is 2.40. The number of halogens is 3. The zero-order chi connectivity index (χ0) is 22.1. The molecule has 2 aromatic rings. The predicted octanol–water partition coefficient (Wildman–Crippen LogP) is 6.02. The monoisotopic (exact) mass is 443 g/mol. The maximum absolute atomic E-state index is 13.5. The second kappa shape index (κ2) is 8.53. The summed E-state index contributed by atoms with van der Waals surface area (Å²) in [4.78, 5) is 8.32. The van der Waals surface area contributed by atoms with Crippen LogP contribution in [-0.4, -0.2) is 23.6 Å². The second-order valence-electron chi connectivity index (χ2n) is 8.02. The molecule has 0 atom stereocenters. The zero-order valence-electron chi connectivity index (χ0n) is 17.3. The maximum Gasteiger partial charge on any atom is 0.419 e. The Hall–Kier alpha value is -2.16. The van der Waals surface area contributed by atoms with Gasteiger partial charge in [0.2, 0.25) is 5.95 Å². The van der Waals surface area contributed by atoms with Crippen molar-refractivity contribution in [3.63, 3.8) is 0 Å². The molecule has 5 nitrogen and oxygen atoms in total. The summed E-state index contributed by atoms with van der Waals surface area (Å²) < 4.78 is 65.2. The van der Waals surface area contributed by atoms with Crippen molar-refractivity contribution in [2.45, 2.75) is 75.1 Å². The van der Waals surface area contributed by atoms with Gasteiger partial charge in [-0.1, -0.05) is 19.3 Å². The molecule has 1 aliphatic carbocycles. The molecule has 0 spiro atoms. The van der Waals surface area contributed by atoms with E-state index in [1.54, 1.807) is 32.9 Å². The molecule has 0 radical (unpaired) electrons. The largest absolute Gasteiger partial charge is 0.419 e. The fraction of sp³-hybridized carbons (Fsp3) is 0.524. The lowest BCUT2D eigenvalue weighted by Crippen LogP contribution is -2.18. The van der Waals surface area contributed by atoms with E-state index in [4.69, 9.17) is 0 Å². The number of rotatable bonds is 5. The molecular formula is C21H28F3N3O2S. The first kappa shape index (κ1) is 22.5. The highest BCUT2D eigenvalue weighted by Crippen LogP contribution is 2.40. The summed E-state index contributed by atoms with van der Waals surface area (Å²) in [6.07, 6.45) is 0.499. The summed E-state index contributed by atoms with van der Waals surface area (Å²) in [5.74, 6) is -0.162. The van der Waals surface area contributed by atoms with Crippen LogP contribution >= 0.6 is 0 Å². The second-order valence-corrected chi connectivity index (χ2v) is 10.5. The van der Waals surface area contributed by atoms with Gasteiger partial charge in [0.1, 0.15) is 0 Å². The van der Waals surface area contributed by atoms with Crippen LogP contribution in [0.1, 0.15) is 70.1 Å². The maximum atomic E-state index is 13.5. The van der Waals surface area contributed by atoms with E-state index in [1.807, 2.05) is 0 Å². The molecule has 1 aromatic carbocycles. The van der Waals surface area contributed by atoms with Crippen molar-refractivity contribution in [1.82, 2.24) is 9.97 Å². The number of benzene rings is 1. The van der Waals surface area contributed by atoms with Crippen molar-refractivity contribution in [3.05, 3.63) is 41.2 Å². The summed E-state index contributed by atoms with van der Waals surface area (Å²) in [5.41, 5.74) is 0.443. The number of nitrogens with zero attached hydrogens (tertiary/aromatic N) is 2. The predicted molar refractivity (Wildman–Crippen MR) is 112 cm³/mol. The fourth-order valence-electron chi connectivity index (χ4n) is 3.71. The van der Waals surface area contributed by atoms with Crippen LogP contribution in [0.4, 0.5) is 24.8 Å². The number of alkyl halides is 3. The summed E-state index contributed by atoms with van der Waals surface area (Å²) in [6.45, 7) is 4.95. The van der Waals surface area contributed by atoms with Gasteiger partial charge in [-0.25, -0.2) is 18.4 Å². The molecule has 1 saturated carbocycles. The molecule has 0 saturated heterocycles. The Balaban J connectivity index is 0.00000341. The lowest BCUT2D eigenvalue weighted by molar-refractivity contribution is -0.139. The lowest BCUT2D eigenvalue weighted by Gasteiger charge is -2.24. The Morgan fingerprint density at radius 3 is 2.40 bits per heavy atom. The number of anilines is 2. The van der Waals surface area contributed by atoms with Crippen LogP contribution in [-0.2, 0) is 16.0 Å². The van der Waals surface area contributed by atoms with E-state index in [0.29, 0.717) is 24.1 Å². The van der Waals surface area contributed by atoms with Crippen LogP contribution < -0.4 is 5.32 Å². The SMILES string of the molecule is Cc1cc(S(=O)(=O)C(C)C)ccc1Nc1ncc(C(F)(F)F)c(C2CCCCC2)n1.[HH]. The lowest BCUT2D eigenvalue weighted by atomic mass is 9.85. The molecule has 1 heterocycles. The molecular weight excluding hydrogens is 415 g/mol. The highest BCUT2D eigenvalue weighted by atomic mass is 32.2. The Kier molecular flexibility index (Phi) is 6.40. The Labute approximate surface area is 176 Å². The Bertz CT molecular complexity index is 1020. The molecule has 9 heteroatoms. The third-order valence-electron chi connectivity index (χ3n) is 5.51. The first-order valence-corrected chi connectivity index (χ1v) is 11.6. The molecule has 0 unspecified atom stereocenters. The van der Waals surface area contributed by atoms with Gasteiger partial charge in [0, 0.05) is 19.2 Å². The third-order valence-corrected chi connectivity index (χ3v) is 7.66. The molecule has 0 bridgehead atoms. The quantitative estimate of drug-likeness (QED) is 0.611. The van der Waals surface area contributed by atoms with Crippen molar-refractivity contribution >= 4 is 21.5 Å². The van der Waals surface area contributed by atoms with Gasteiger partial charge in [0.05, 0.1) is 21.4 Å². The van der Waals surface area contributed by atoms with Gasteiger partial charge in [-0.05, 0) is 57.4 Å².